The number of nitrogen functional groups attached to an aromatic ring is 1. The third-order valence-electron chi connectivity index (χ3n) is 2.16. The quantitative estimate of drug-likeness (QED) is 0.621. The number of ether oxygens (including phenoxy) is 1. The van der Waals surface area contributed by atoms with Gasteiger partial charge in [-0.3, -0.25) is 4.21 Å². The predicted molar refractivity (Wildman–Crippen MR) is 68.1 cm³/mol. The molecule has 0 aliphatic rings. The molecule has 4 nitrogen and oxygen atoms in total. The summed E-state index contributed by atoms with van der Waals surface area (Å²) in [6, 6.07) is 7.20. The molecule has 0 aromatic heterocycles. The van der Waals surface area contributed by atoms with E-state index in [4.69, 9.17) is 15.7 Å². The molecular weight excluding hydrogens is 236 g/mol. The van der Waals surface area contributed by atoms with E-state index in [1.54, 1.807) is 18.2 Å². The van der Waals surface area contributed by atoms with Crippen LogP contribution in [0.15, 0.2) is 23.1 Å². The number of nitrogens with two attached hydrogens (primary N) is 1. The molecule has 0 fully saturated rings. The molecule has 92 valence electrons. The van der Waals surface area contributed by atoms with E-state index < -0.39 is 10.8 Å². The lowest BCUT2D eigenvalue weighted by Crippen LogP contribution is -2.03. The first kappa shape index (κ1) is 13.5. The lowest BCUT2D eigenvalue weighted by atomic mass is 10.3. The molecule has 0 saturated carbocycles. The van der Waals surface area contributed by atoms with E-state index in [0.717, 1.165) is 0 Å². The molecular formula is C12H16N2O2S. The van der Waals surface area contributed by atoms with Crippen LogP contribution in [0, 0.1) is 11.3 Å². The second kappa shape index (κ2) is 6.92. The molecule has 5 heteroatoms. The van der Waals surface area contributed by atoms with E-state index in [1.165, 1.54) is 0 Å². The van der Waals surface area contributed by atoms with Crippen molar-refractivity contribution >= 4 is 16.5 Å². The Labute approximate surface area is 104 Å². The summed E-state index contributed by atoms with van der Waals surface area (Å²) in [5, 5.41) is 8.42. The molecule has 17 heavy (non-hydrogen) atoms. The fourth-order valence-electron chi connectivity index (χ4n) is 1.36. The molecule has 2 N–H and O–H groups in total. The maximum absolute atomic E-state index is 12.0. The van der Waals surface area contributed by atoms with Crippen LogP contribution >= 0.6 is 0 Å². The van der Waals surface area contributed by atoms with Crippen LogP contribution in [-0.4, -0.2) is 16.6 Å². The van der Waals surface area contributed by atoms with Crippen LogP contribution in [0.1, 0.15) is 19.8 Å². The number of benzene rings is 1. The highest BCUT2D eigenvalue weighted by Crippen LogP contribution is 2.23. The van der Waals surface area contributed by atoms with Gasteiger partial charge in [-0.05, 0) is 31.5 Å². The minimum atomic E-state index is -1.17. The van der Waals surface area contributed by atoms with Crippen molar-refractivity contribution in [3.05, 3.63) is 18.2 Å². The lowest BCUT2D eigenvalue weighted by Gasteiger charge is -2.08. The predicted octanol–water partition coefficient (Wildman–Crippen LogP) is 2.08. The van der Waals surface area contributed by atoms with Gasteiger partial charge in [0.05, 0.1) is 28.4 Å². The number of hydrogen-bond acceptors (Lipinski definition) is 4. The summed E-state index contributed by atoms with van der Waals surface area (Å²) < 4.78 is 17.3. The standard InChI is InChI=1S/C12H16N2O2S/c1-2-16-10-5-6-11(14)12(9-10)17(15)8-4-3-7-13/h5-6,9H,2-4,8,14H2,1H3. The van der Waals surface area contributed by atoms with Gasteiger partial charge in [-0.1, -0.05) is 0 Å². The zero-order valence-electron chi connectivity index (χ0n) is 9.81. The van der Waals surface area contributed by atoms with E-state index in [9.17, 15) is 4.21 Å². The van der Waals surface area contributed by atoms with Gasteiger partial charge in [-0.15, -0.1) is 0 Å². The molecule has 0 aliphatic heterocycles. The average molecular weight is 252 g/mol. The molecule has 0 amide bonds. The summed E-state index contributed by atoms with van der Waals surface area (Å²) in [5.41, 5.74) is 6.28. The van der Waals surface area contributed by atoms with E-state index in [1.807, 2.05) is 13.0 Å². The Morgan fingerprint density at radius 3 is 2.94 bits per heavy atom. The van der Waals surface area contributed by atoms with E-state index in [0.29, 0.717) is 41.5 Å². The second-order valence-corrected chi connectivity index (χ2v) is 4.98. The maximum atomic E-state index is 12.0. The Bertz CT molecular complexity index is 441. The van der Waals surface area contributed by atoms with Crippen LogP contribution in [0.2, 0.25) is 0 Å². The Hall–Kier alpha value is -1.54. The molecule has 0 saturated heterocycles. The Morgan fingerprint density at radius 2 is 2.29 bits per heavy atom. The lowest BCUT2D eigenvalue weighted by molar-refractivity contribution is 0.339. The van der Waals surface area contributed by atoms with Gasteiger partial charge in [-0.2, -0.15) is 5.26 Å². The van der Waals surface area contributed by atoms with E-state index in [2.05, 4.69) is 0 Å². The number of anilines is 1. The first-order valence-electron chi connectivity index (χ1n) is 5.46. The fraction of sp³-hybridized carbons (Fsp3) is 0.417. The second-order valence-electron chi connectivity index (χ2n) is 3.44. The molecule has 0 radical (unpaired) electrons. The SMILES string of the molecule is CCOc1ccc(N)c(S(=O)CCCC#N)c1. The zero-order valence-corrected chi connectivity index (χ0v) is 10.6. The number of nitriles is 1. The summed E-state index contributed by atoms with van der Waals surface area (Å²) >= 11 is 0. The molecule has 1 atom stereocenters. The smallest absolute Gasteiger partial charge is 0.120 e. The largest absolute Gasteiger partial charge is 0.494 e. The van der Waals surface area contributed by atoms with Crippen molar-refractivity contribution in [1.82, 2.24) is 0 Å². The Balaban J connectivity index is 2.77. The summed E-state index contributed by atoms with van der Waals surface area (Å²) in [7, 11) is -1.17. The van der Waals surface area contributed by atoms with Crippen molar-refractivity contribution in [3.63, 3.8) is 0 Å². The first-order chi connectivity index (χ1) is 8.19. The van der Waals surface area contributed by atoms with Gasteiger partial charge in [0.2, 0.25) is 0 Å². The van der Waals surface area contributed by atoms with Crippen LogP contribution in [0.25, 0.3) is 0 Å². The Morgan fingerprint density at radius 1 is 1.53 bits per heavy atom. The number of rotatable bonds is 6. The van der Waals surface area contributed by atoms with E-state index >= 15 is 0 Å². The van der Waals surface area contributed by atoms with Crippen molar-refractivity contribution in [1.29, 1.82) is 5.26 Å². The molecule has 1 rings (SSSR count). The van der Waals surface area contributed by atoms with Crippen LogP contribution < -0.4 is 10.5 Å². The highest BCUT2D eigenvalue weighted by atomic mass is 32.2. The van der Waals surface area contributed by atoms with Gasteiger partial charge in [0.15, 0.2) is 0 Å². The summed E-state index contributed by atoms with van der Waals surface area (Å²) in [6.45, 7) is 2.45. The third kappa shape index (κ3) is 4.08. The van der Waals surface area contributed by atoms with Gasteiger partial charge in [0.25, 0.3) is 0 Å². The van der Waals surface area contributed by atoms with Crippen molar-refractivity contribution in [2.24, 2.45) is 0 Å². The molecule has 0 spiro atoms. The molecule has 0 bridgehead atoms. The normalized spacial score (nSPS) is 11.8. The average Bonchev–Trinajstić information content (AvgIpc) is 2.32. The van der Waals surface area contributed by atoms with Crippen molar-refractivity contribution < 1.29 is 8.95 Å². The molecule has 1 aromatic carbocycles. The van der Waals surface area contributed by atoms with Gasteiger partial charge in [0.1, 0.15) is 5.75 Å². The van der Waals surface area contributed by atoms with Crippen molar-refractivity contribution in [2.45, 2.75) is 24.7 Å². The van der Waals surface area contributed by atoms with Gasteiger partial charge >= 0.3 is 0 Å². The zero-order chi connectivity index (χ0) is 12.7. The highest BCUT2D eigenvalue weighted by molar-refractivity contribution is 7.85. The minimum absolute atomic E-state index is 0.413. The van der Waals surface area contributed by atoms with Crippen LogP contribution in [0.3, 0.4) is 0 Å². The van der Waals surface area contributed by atoms with E-state index in [-0.39, 0.29) is 0 Å². The minimum Gasteiger partial charge on any atom is -0.494 e. The van der Waals surface area contributed by atoms with Gasteiger partial charge in [-0.25, -0.2) is 0 Å². The maximum Gasteiger partial charge on any atom is 0.120 e. The first-order valence-corrected chi connectivity index (χ1v) is 6.78. The summed E-state index contributed by atoms with van der Waals surface area (Å²) in [5.74, 6) is 1.12. The number of nitrogens with zero attached hydrogens (tertiary/aromatic N) is 1. The van der Waals surface area contributed by atoms with Crippen molar-refractivity contribution in [3.8, 4) is 11.8 Å². The van der Waals surface area contributed by atoms with Crippen LogP contribution in [-0.2, 0) is 10.8 Å². The fourth-order valence-corrected chi connectivity index (χ4v) is 2.57. The number of hydrogen-bond donors (Lipinski definition) is 1. The molecule has 0 aliphatic carbocycles. The summed E-state index contributed by atoms with van der Waals surface area (Å²) in [6.07, 6.45) is 1.03. The topological polar surface area (TPSA) is 76.1 Å². The summed E-state index contributed by atoms with van der Waals surface area (Å²) in [4.78, 5) is 0.592. The Kier molecular flexibility index (Phi) is 5.50. The van der Waals surface area contributed by atoms with Crippen LogP contribution in [0.4, 0.5) is 5.69 Å². The van der Waals surface area contributed by atoms with Crippen LogP contribution in [0.5, 0.6) is 5.75 Å². The highest BCUT2D eigenvalue weighted by Gasteiger charge is 2.09. The number of unbranched alkanes of at least 4 members (excludes halogenated alkanes) is 1. The molecule has 0 heterocycles. The van der Waals surface area contributed by atoms with Gasteiger partial charge < -0.3 is 10.5 Å². The third-order valence-corrected chi connectivity index (χ3v) is 3.66. The van der Waals surface area contributed by atoms with Crippen molar-refractivity contribution in [2.75, 3.05) is 18.1 Å². The van der Waals surface area contributed by atoms with Gasteiger partial charge in [0, 0.05) is 17.9 Å². The molecule has 1 aromatic rings. The monoisotopic (exact) mass is 252 g/mol. The molecule has 1 unspecified atom stereocenters.